The lowest BCUT2D eigenvalue weighted by Crippen LogP contribution is -2.48. The molecule has 3 aliphatic rings. The number of hydrogen-bond donors (Lipinski definition) is 2. The number of fused-ring (bicyclic) bond motifs is 2. The Morgan fingerprint density at radius 1 is 1.10 bits per heavy atom. The summed E-state index contributed by atoms with van der Waals surface area (Å²) in [5, 5.41) is 14.5. The third-order valence-electron chi connectivity index (χ3n) is 8.90. The Bertz CT molecular complexity index is 1680. The zero-order valence-corrected chi connectivity index (χ0v) is 23.8. The normalized spacial score (nSPS) is 22.0. The summed E-state index contributed by atoms with van der Waals surface area (Å²) in [4.78, 5) is 32.2. The van der Waals surface area contributed by atoms with E-state index < -0.39 is 5.60 Å². The van der Waals surface area contributed by atoms with Crippen molar-refractivity contribution in [2.45, 2.75) is 25.0 Å². The van der Waals surface area contributed by atoms with Gasteiger partial charge in [-0.25, -0.2) is 19.3 Å². The van der Waals surface area contributed by atoms with Crippen molar-refractivity contribution in [1.29, 1.82) is 0 Å². The first kappa shape index (κ1) is 26.8. The van der Waals surface area contributed by atoms with E-state index in [9.17, 15) is 9.90 Å². The highest BCUT2D eigenvalue weighted by Crippen LogP contribution is 2.33. The summed E-state index contributed by atoms with van der Waals surface area (Å²) in [6, 6.07) is 13.7. The molecular weight excluding hydrogens is 532 g/mol. The fourth-order valence-corrected chi connectivity index (χ4v) is 6.50. The SMILES string of the molecule is C=CCn1c(=O)c2cnc(Nc3ccc(N4CCC5CN(C)CCC5C4)cc3)nc2n1-c1cccc(C2(O)COC2)n1. The fourth-order valence-electron chi connectivity index (χ4n) is 6.50. The molecule has 3 aromatic heterocycles. The van der Waals surface area contributed by atoms with Gasteiger partial charge in [0.15, 0.2) is 17.1 Å². The van der Waals surface area contributed by atoms with Crippen molar-refractivity contribution in [2.24, 2.45) is 11.8 Å². The summed E-state index contributed by atoms with van der Waals surface area (Å²) in [6.45, 7) is 9.04. The molecular formula is C31H36N8O3. The highest BCUT2D eigenvalue weighted by molar-refractivity contribution is 5.77. The Balaban J connectivity index is 1.16. The molecule has 0 spiro atoms. The number of anilines is 3. The van der Waals surface area contributed by atoms with Crippen LogP contribution in [-0.2, 0) is 16.9 Å². The monoisotopic (exact) mass is 568 g/mol. The molecule has 2 unspecified atom stereocenters. The van der Waals surface area contributed by atoms with Crippen LogP contribution in [0.2, 0.25) is 0 Å². The fraction of sp³-hybridized carbons (Fsp3) is 0.419. The minimum absolute atomic E-state index is 0.181. The number of nitrogens with one attached hydrogen (secondary N) is 1. The standard InChI is InChI=1S/C31H36N8O3/c1-3-13-38-29(40)25-16-32-30(35-28(25)39(38)27-6-4-5-26(34-27)31(41)19-42-20-31)33-23-7-9-24(10-8-23)37-15-12-21-17-36(2)14-11-22(21)18-37/h3-10,16,21-22,41H,1,11-15,17-20H2,2H3,(H,32,33,35). The lowest BCUT2D eigenvalue weighted by Gasteiger charge is -2.44. The van der Waals surface area contributed by atoms with E-state index >= 15 is 0 Å². The molecule has 0 saturated carbocycles. The van der Waals surface area contributed by atoms with Gasteiger partial charge in [0, 0.05) is 37.2 Å². The van der Waals surface area contributed by atoms with Gasteiger partial charge in [-0.05, 0) is 74.7 Å². The molecule has 3 saturated heterocycles. The Labute approximate surface area is 244 Å². The van der Waals surface area contributed by atoms with Crippen molar-refractivity contribution < 1.29 is 9.84 Å². The molecule has 3 fully saturated rings. The lowest BCUT2D eigenvalue weighted by molar-refractivity contribution is -0.186. The van der Waals surface area contributed by atoms with Crippen molar-refractivity contribution in [2.75, 3.05) is 56.7 Å². The molecule has 6 heterocycles. The predicted molar refractivity (Wildman–Crippen MR) is 161 cm³/mol. The maximum Gasteiger partial charge on any atom is 0.278 e. The molecule has 0 amide bonds. The molecule has 218 valence electrons. The number of pyridine rings is 1. The molecule has 42 heavy (non-hydrogen) atoms. The summed E-state index contributed by atoms with van der Waals surface area (Å²) in [7, 11) is 2.23. The first-order valence-electron chi connectivity index (χ1n) is 14.6. The molecule has 11 nitrogen and oxygen atoms in total. The van der Waals surface area contributed by atoms with Crippen molar-refractivity contribution in [3.05, 3.63) is 77.4 Å². The van der Waals surface area contributed by atoms with Gasteiger partial charge in [0.1, 0.15) is 5.39 Å². The van der Waals surface area contributed by atoms with Crippen LogP contribution in [0, 0.1) is 11.8 Å². The Morgan fingerprint density at radius 3 is 2.64 bits per heavy atom. The third-order valence-corrected chi connectivity index (χ3v) is 8.90. The minimum Gasteiger partial charge on any atom is -0.379 e. The summed E-state index contributed by atoms with van der Waals surface area (Å²) in [6.07, 6.45) is 5.70. The first-order valence-corrected chi connectivity index (χ1v) is 14.6. The van der Waals surface area contributed by atoms with Gasteiger partial charge in [0.2, 0.25) is 5.95 Å². The molecule has 2 N–H and O–H groups in total. The molecule has 11 heteroatoms. The largest absolute Gasteiger partial charge is 0.379 e. The van der Waals surface area contributed by atoms with E-state index in [2.05, 4.69) is 45.9 Å². The van der Waals surface area contributed by atoms with E-state index in [0.29, 0.717) is 28.5 Å². The average molecular weight is 569 g/mol. The Kier molecular flexibility index (Phi) is 6.80. The summed E-state index contributed by atoms with van der Waals surface area (Å²) < 4.78 is 8.40. The maximum atomic E-state index is 13.3. The Hall–Kier alpha value is -4.06. The number of likely N-dealkylation sites (tertiary alicyclic amines) is 1. The van der Waals surface area contributed by atoms with E-state index in [-0.39, 0.29) is 25.3 Å². The molecule has 3 aliphatic heterocycles. The number of aliphatic hydroxyl groups is 1. The van der Waals surface area contributed by atoms with E-state index in [1.165, 1.54) is 36.3 Å². The first-order chi connectivity index (χ1) is 20.4. The van der Waals surface area contributed by atoms with Crippen LogP contribution < -0.4 is 15.8 Å². The average Bonchev–Trinajstić information content (AvgIpc) is 3.26. The van der Waals surface area contributed by atoms with Crippen LogP contribution in [0.4, 0.5) is 17.3 Å². The topological polar surface area (TPSA) is 114 Å². The number of ether oxygens (including phenoxy) is 1. The molecule has 0 aliphatic carbocycles. The van der Waals surface area contributed by atoms with Crippen molar-refractivity contribution in [3.8, 4) is 5.82 Å². The molecule has 4 aromatic rings. The quantitative estimate of drug-likeness (QED) is 0.325. The van der Waals surface area contributed by atoms with Crippen LogP contribution in [0.1, 0.15) is 18.5 Å². The molecule has 2 atom stereocenters. The van der Waals surface area contributed by atoms with Gasteiger partial charge < -0.3 is 25.0 Å². The second-order valence-electron chi connectivity index (χ2n) is 11.8. The van der Waals surface area contributed by atoms with Gasteiger partial charge >= 0.3 is 0 Å². The van der Waals surface area contributed by atoms with E-state index in [1.54, 1.807) is 35.2 Å². The number of nitrogens with zero attached hydrogens (tertiary/aromatic N) is 7. The summed E-state index contributed by atoms with van der Waals surface area (Å²) >= 11 is 0. The van der Waals surface area contributed by atoms with Crippen LogP contribution in [0.3, 0.4) is 0 Å². The Morgan fingerprint density at radius 2 is 1.88 bits per heavy atom. The predicted octanol–water partition coefficient (Wildman–Crippen LogP) is 2.90. The van der Waals surface area contributed by atoms with E-state index in [1.807, 2.05) is 12.1 Å². The van der Waals surface area contributed by atoms with Crippen molar-refractivity contribution in [3.63, 3.8) is 0 Å². The van der Waals surface area contributed by atoms with E-state index in [4.69, 9.17) is 14.7 Å². The van der Waals surface area contributed by atoms with Crippen molar-refractivity contribution >= 4 is 28.4 Å². The zero-order valence-electron chi connectivity index (χ0n) is 23.8. The van der Waals surface area contributed by atoms with E-state index in [0.717, 1.165) is 30.6 Å². The lowest BCUT2D eigenvalue weighted by atomic mass is 9.80. The van der Waals surface area contributed by atoms with Gasteiger partial charge in [0.05, 0.1) is 25.5 Å². The van der Waals surface area contributed by atoms with Crippen LogP contribution in [0.5, 0.6) is 0 Å². The zero-order chi connectivity index (χ0) is 28.8. The maximum absolute atomic E-state index is 13.3. The molecule has 7 rings (SSSR count). The minimum atomic E-state index is -1.14. The number of piperidine rings is 2. The smallest absolute Gasteiger partial charge is 0.278 e. The van der Waals surface area contributed by atoms with Crippen molar-refractivity contribution in [1.82, 2.24) is 29.2 Å². The van der Waals surface area contributed by atoms with Crippen LogP contribution >= 0.6 is 0 Å². The van der Waals surface area contributed by atoms with Crippen LogP contribution in [0.15, 0.2) is 66.1 Å². The van der Waals surface area contributed by atoms with Crippen LogP contribution in [-0.4, -0.2) is 80.8 Å². The molecule has 0 radical (unpaired) electrons. The molecule has 1 aromatic carbocycles. The second kappa shape index (κ2) is 10.6. The number of hydrogen-bond acceptors (Lipinski definition) is 9. The highest BCUT2D eigenvalue weighted by atomic mass is 16.5. The van der Waals surface area contributed by atoms with Gasteiger partial charge in [0.25, 0.3) is 5.56 Å². The summed E-state index contributed by atoms with van der Waals surface area (Å²) in [5.41, 5.74) is 1.61. The summed E-state index contributed by atoms with van der Waals surface area (Å²) in [5.74, 6) is 2.40. The second-order valence-corrected chi connectivity index (χ2v) is 11.8. The number of benzene rings is 1. The van der Waals surface area contributed by atoms with Gasteiger partial charge in [-0.1, -0.05) is 12.1 Å². The third kappa shape index (κ3) is 4.77. The number of allylic oxidation sites excluding steroid dienone is 1. The highest BCUT2D eigenvalue weighted by Gasteiger charge is 2.39. The van der Waals surface area contributed by atoms with Crippen LogP contribution in [0.25, 0.3) is 16.9 Å². The number of aromatic nitrogens is 5. The molecule has 0 bridgehead atoms. The van der Waals surface area contributed by atoms with Gasteiger partial charge in [-0.2, -0.15) is 4.98 Å². The van der Waals surface area contributed by atoms with Gasteiger partial charge in [-0.3, -0.25) is 4.79 Å². The van der Waals surface area contributed by atoms with Gasteiger partial charge in [-0.15, -0.1) is 6.58 Å². The number of rotatable bonds is 7.